The van der Waals surface area contributed by atoms with E-state index in [1.807, 2.05) is 30.3 Å². The van der Waals surface area contributed by atoms with Crippen molar-refractivity contribution < 1.29 is 9.47 Å². The van der Waals surface area contributed by atoms with Crippen LogP contribution in [0.3, 0.4) is 0 Å². The summed E-state index contributed by atoms with van der Waals surface area (Å²) in [6, 6.07) is 14.1. The van der Waals surface area contributed by atoms with Crippen LogP contribution < -0.4 is 10.1 Å². The van der Waals surface area contributed by atoms with Crippen molar-refractivity contribution in [2.24, 2.45) is 0 Å². The molecule has 1 saturated heterocycles. The number of rotatable bonds is 7. The monoisotopic (exact) mass is 345 g/mol. The highest BCUT2D eigenvalue weighted by Crippen LogP contribution is 2.24. The second kappa shape index (κ2) is 8.52. The summed E-state index contributed by atoms with van der Waals surface area (Å²) in [5.74, 6) is 0.877. The van der Waals surface area contributed by atoms with Gasteiger partial charge in [0.25, 0.3) is 0 Å². The minimum Gasteiger partial charge on any atom is -0.489 e. The molecular formula is C20H24ClNO2. The molecule has 0 aliphatic carbocycles. The summed E-state index contributed by atoms with van der Waals surface area (Å²) in [5.41, 5.74) is 3.52. The summed E-state index contributed by atoms with van der Waals surface area (Å²) in [6.45, 7) is 5.14. The molecule has 1 N–H and O–H groups in total. The molecule has 3 rings (SSSR count). The van der Waals surface area contributed by atoms with Crippen molar-refractivity contribution in [1.82, 2.24) is 5.32 Å². The van der Waals surface area contributed by atoms with Crippen LogP contribution in [0.2, 0.25) is 5.02 Å². The molecule has 0 aromatic heterocycles. The SMILES string of the molecule is Cc1ccccc1COc1ccc(Cl)cc1CNC[C@H]1CCCO1. The Morgan fingerprint density at radius 1 is 1.21 bits per heavy atom. The largest absolute Gasteiger partial charge is 0.489 e. The van der Waals surface area contributed by atoms with E-state index in [0.717, 1.165) is 48.9 Å². The van der Waals surface area contributed by atoms with Gasteiger partial charge in [0.1, 0.15) is 12.4 Å². The summed E-state index contributed by atoms with van der Waals surface area (Å²) in [7, 11) is 0. The maximum Gasteiger partial charge on any atom is 0.124 e. The number of nitrogens with one attached hydrogen (secondary N) is 1. The Morgan fingerprint density at radius 3 is 2.88 bits per heavy atom. The first-order valence-corrected chi connectivity index (χ1v) is 8.88. The zero-order valence-electron chi connectivity index (χ0n) is 14.1. The Morgan fingerprint density at radius 2 is 2.08 bits per heavy atom. The second-order valence-electron chi connectivity index (χ2n) is 6.23. The fourth-order valence-electron chi connectivity index (χ4n) is 2.93. The highest BCUT2D eigenvalue weighted by Gasteiger charge is 2.15. The summed E-state index contributed by atoms with van der Waals surface area (Å²) in [6.07, 6.45) is 2.63. The van der Waals surface area contributed by atoms with Gasteiger partial charge in [-0.25, -0.2) is 0 Å². The molecule has 1 atom stereocenters. The molecule has 24 heavy (non-hydrogen) atoms. The summed E-state index contributed by atoms with van der Waals surface area (Å²) < 4.78 is 11.7. The minimum atomic E-state index is 0.334. The first-order chi connectivity index (χ1) is 11.7. The lowest BCUT2D eigenvalue weighted by molar-refractivity contribution is 0.110. The highest BCUT2D eigenvalue weighted by atomic mass is 35.5. The van der Waals surface area contributed by atoms with Crippen molar-refractivity contribution in [3.05, 3.63) is 64.2 Å². The van der Waals surface area contributed by atoms with Gasteiger partial charge in [-0.2, -0.15) is 0 Å². The molecule has 1 aliphatic rings. The third kappa shape index (κ3) is 4.73. The maximum absolute atomic E-state index is 6.16. The Balaban J connectivity index is 1.60. The van der Waals surface area contributed by atoms with Crippen LogP contribution >= 0.6 is 11.6 Å². The van der Waals surface area contributed by atoms with Gasteiger partial charge in [0.15, 0.2) is 0 Å². The first kappa shape index (κ1) is 17.3. The number of halogens is 1. The molecule has 0 bridgehead atoms. The molecule has 1 fully saturated rings. The van der Waals surface area contributed by atoms with Crippen LogP contribution in [0.25, 0.3) is 0 Å². The maximum atomic E-state index is 6.16. The van der Waals surface area contributed by atoms with Crippen LogP contribution in [0.4, 0.5) is 0 Å². The Kier molecular flexibility index (Phi) is 6.13. The lowest BCUT2D eigenvalue weighted by Crippen LogP contribution is -2.26. The van der Waals surface area contributed by atoms with E-state index in [1.165, 1.54) is 11.1 Å². The number of benzene rings is 2. The van der Waals surface area contributed by atoms with Crippen LogP contribution in [0.15, 0.2) is 42.5 Å². The third-order valence-electron chi connectivity index (χ3n) is 4.38. The lowest BCUT2D eigenvalue weighted by atomic mass is 10.1. The molecular weight excluding hydrogens is 322 g/mol. The predicted molar refractivity (Wildman–Crippen MR) is 97.6 cm³/mol. The summed E-state index contributed by atoms with van der Waals surface area (Å²) in [5, 5.41) is 4.19. The van der Waals surface area contributed by atoms with Crippen LogP contribution in [-0.2, 0) is 17.9 Å². The normalized spacial score (nSPS) is 17.2. The number of hydrogen-bond acceptors (Lipinski definition) is 3. The van der Waals surface area contributed by atoms with Crippen LogP contribution in [-0.4, -0.2) is 19.3 Å². The standard InChI is InChI=1S/C20H24ClNO2/c1-15-5-2-3-6-16(15)14-24-20-9-8-18(21)11-17(20)12-22-13-19-7-4-10-23-19/h2-3,5-6,8-9,11,19,22H,4,7,10,12-14H2,1H3/t19-/m1/s1. The lowest BCUT2D eigenvalue weighted by Gasteiger charge is -2.15. The van der Waals surface area contributed by atoms with Crippen molar-refractivity contribution in [1.29, 1.82) is 0 Å². The van der Waals surface area contributed by atoms with Gasteiger partial charge in [0.2, 0.25) is 0 Å². The van der Waals surface area contributed by atoms with Crippen molar-refractivity contribution in [3.63, 3.8) is 0 Å². The van der Waals surface area contributed by atoms with Crippen LogP contribution in [0.5, 0.6) is 5.75 Å². The molecule has 3 nitrogen and oxygen atoms in total. The van der Waals surface area contributed by atoms with E-state index in [4.69, 9.17) is 21.1 Å². The van der Waals surface area contributed by atoms with Gasteiger partial charge < -0.3 is 14.8 Å². The topological polar surface area (TPSA) is 30.5 Å². The molecule has 1 heterocycles. The average molecular weight is 346 g/mol. The Labute approximate surface area is 148 Å². The molecule has 0 amide bonds. The van der Waals surface area contributed by atoms with E-state index in [2.05, 4.69) is 24.4 Å². The highest BCUT2D eigenvalue weighted by molar-refractivity contribution is 6.30. The van der Waals surface area contributed by atoms with E-state index >= 15 is 0 Å². The van der Waals surface area contributed by atoms with Gasteiger partial charge in [-0.3, -0.25) is 0 Å². The molecule has 0 spiro atoms. The molecule has 0 saturated carbocycles. The van der Waals surface area contributed by atoms with Gasteiger partial charge >= 0.3 is 0 Å². The minimum absolute atomic E-state index is 0.334. The van der Waals surface area contributed by atoms with Gasteiger partial charge in [0.05, 0.1) is 6.10 Å². The van der Waals surface area contributed by atoms with E-state index in [9.17, 15) is 0 Å². The number of ether oxygens (including phenoxy) is 2. The number of hydrogen-bond donors (Lipinski definition) is 1. The quantitative estimate of drug-likeness (QED) is 0.801. The molecule has 2 aromatic rings. The predicted octanol–water partition coefficient (Wildman–Crippen LogP) is 4.50. The Bertz CT molecular complexity index is 668. The van der Waals surface area contributed by atoms with Crippen LogP contribution in [0, 0.1) is 6.92 Å². The molecule has 2 aromatic carbocycles. The zero-order valence-corrected chi connectivity index (χ0v) is 14.8. The van der Waals surface area contributed by atoms with Gasteiger partial charge in [-0.1, -0.05) is 35.9 Å². The van der Waals surface area contributed by atoms with Crippen molar-refractivity contribution >= 4 is 11.6 Å². The van der Waals surface area contributed by atoms with Gasteiger partial charge in [-0.15, -0.1) is 0 Å². The first-order valence-electron chi connectivity index (χ1n) is 8.50. The fourth-order valence-corrected chi connectivity index (χ4v) is 3.12. The Hall–Kier alpha value is -1.55. The average Bonchev–Trinajstić information content (AvgIpc) is 3.09. The second-order valence-corrected chi connectivity index (χ2v) is 6.67. The van der Waals surface area contributed by atoms with E-state index in [0.29, 0.717) is 12.7 Å². The van der Waals surface area contributed by atoms with E-state index in [1.54, 1.807) is 0 Å². The van der Waals surface area contributed by atoms with Crippen molar-refractivity contribution in [2.45, 2.75) is 39.0 Å². The van der Waals surface area contributed by atoms with Gasteiger partial charge in [-0.05, 0) is 49.1 Å². The van der Waals surface area contributed by atoms with Crippen molar-refractivity contribution in [3.8, 4) is 5.75 Å². The van der Waals surface area contributed by atoms with E-state index in [-0.39, 0.29) is 0 Å². The van der Waals surface area contributed by atoms with Crippen LogP contribution in [0.1, 0.15) is 29.5 Å². The zero-order chi connectivity index (χ0) is 16.8. The molecule has 4 heteroatoms. The van der Waals surface area contributed by atoms with Gasteiger partial charge in [0, 0.05) is 30.3 Å². The van der Waals surface area contributed by atoms with Crippen molar-refractivity contribution in [2.75, 3.05) is 13.2 Å². The smallest absolute Gasteiger partial charge is 0.124 e. The third-order valence-corrected chi connectivity index (χ3v) is 4.61. The fraction of sp³-hybridized carbons (Fsp3) is 0.400. The molecule has 1 aliphatic heterocycles. The number of aryl methyl sites for hydroxylation is 1. The summed E-state index contributed by atoms with van der Waals surface area (Å²) in [4.78, 5) is 0. The summed E-state index contributed by atoms with van der Waals surface area (Å²) >= 11 is 6.16. The molecule has 0 unspecified atom stereocenters. The molecule has 128 valence electrons. The molecule has 0 radical (unpaired) electrons. The van der Waals surface area contributed by atoms with E-state index < -0.39 is 0 Å².